The number of hydrogen-bond donors (Lipinski definition) is 0. The molecule has 0 radical (unpaired) electrons. The van der Waals surface area contributed by atoms with Crippen LogP contribution >= 0.6 is 0 Å². The van der Waals surface area contributed by atoms with E-state index in [4.69, 9.17) is 0 Å². The van der Waals surface area contributed by atoms with E-state index in [9.17, 15) is 8.42 Å². The second-order valence-electron chi connectivity index (χ2n) is 7.34. The highest BCUT2D eigenvalue weighted by molar-refractivity contribution is 7.89. The van der Waals surface area contributed by atoms with Crippen molar-refractivity contribution in [3.63, 3.8) is 0 Å². The molecule has 0 N–H and O–H groups in total. The van der Waals surface area contributed by atoms with Crippen LogP contribution in [0.4, 0.5) is 0 Å². The van der Waals surface area contributed by atoms with Crippen LogP contribution in [0, 0.1) is 0 Å². The van der Waals surface area contributed by atoms with E-state index in [0.29, 0.717) is 18.0 Å². The van der Waals surface area contributed by atoms with Gasteiger partial charge < -0.3 is 4.90 Å². The Labute approximate surface area is 167 Å². The van der Waals surface area contributed by atoms with Gasteiger partial charge in [-0.25, -0.2) is 8.42 Å². The molecule has 146 valence electrons. The first-order chi connectivity index (χ1) is 13.6. The van der Waals surface area contributed by atoms with Crippen molar-refractivity contribution < 1.29 is 8.42 Å². The molecule has 0 amide bonds. The molecule has 0 aliphatic carbocycles. The highest BCUT2D eigenvalue weighted by Gasteiger charge is 2.28. The summed E-state index contributed by atoms with van der Waals surface area (Å²) >= 11 is 0. The fourth-order valence-corrected chi connectivity index (χ4v) is 5.28. The molecule has 3 aromatic rings. The first kappa shape index (κ1) is 19.1. The highest BCUT2D eigenvalue weighted by atomic mass is 32.2. The largest absolute Gasteiger partial charge is 0.301 e. The van der Waals surface area contributed by atoms with Crippen LogP contribution in [-0.2, 0) is 16.4 Å². The van der Waals surface area contributed by atoms with Crippen molar-refractivity contribution >= 4 is 20.8 Å². The van der Waals surface area contributed by atoms with E-state index >= 15 is 0 Å². The van der Waals surface area contributed by atoms with Crippen molar-refractivity contribution in [3.8, 4) is 0 Å². The molecule has 0 bridgehead atoms. The van der Waals surface area contributed by atoms with E-state index in [1.807, 2.05) is 36.4 Å². The Morgan fingerprint density at radius 2 is 1.43 bits per heavy atom. The topological polar surface area (TPSA) is 40.6 Å². The molecule has 4 nitrogen and oxygen atoms in total. The van der Waals surface area contributed by atoms with Gasteiger partial charge in [0, 0.05) is 26.2 Å². The molecule has 5 heteroatoms. The Balaban J connectivity index is 1.34. The first-order valence-electron chi connectivity index (χ1n) is 9.88. The van der Waals surface area contributed by atoms with Gasteiger partial charge in [-0.3, -0.25) is 0 Å². The summed E-state index contributed by atoms with van der Waals surface area (Å²) in [5.74, 6) is 0. The van der Waals surface area contributed by atoms with Gasteiger partial charge in [0.15, 0.2) is 0 Å². The number of benzene rings is 3. The molecule has 0 spiro atoms. The lowest BCUT2D eigenvalue weighted by atomic mass is 10.1. The summed E-state index contributed by atoms with van der Waals surface area (Å²) in [6, 6.07) is 23.8. The summed E-state index contributed by atoms with van der Waals surface area (Å²) < 4.78 is 27.7. The molecular weight excluding hydrogens is 368 g/mol. The zero-order valence-corrected chi connectivity index (χ0v) is 16.8. The van der Waals surface area contributed by atoms with Gasteiger partial charge in [-0.1, -0.05) is 60.7 Å². The summed E-state index contributed by atoms with van der Waals surface area (Å²) in [5.41, 5.74) is 1.36. The SMILES string of the molecule is O=S(=O)(c1ccc2ccccc2c1)N1CCN(CCCc2ccccc2)CC1. The molecule has 1 heterocycles. The summed E-state index contributed by atoms with van der Waals surface area (Å²) in [7, 11) is -3.43. The number of rotatable bonds is 6. The monoisotopic (exact) mass is 394 g/mol. The van der Waals surface area contributed by atoms with Crippen LogP contribution in [0.15, 0.2) is 77.7 Å². The van der Waals surface area contributed by atoms with Gasteiger partial charge >= 0.3 is 0 Å². The average Bonchev–Trinajstić information content (AvgIpc) is 2.74. The van der Waals surface area contributed by atoms with E-state index in [-0.39, 0.29) is 0 Å². The lowest BCUT2D eigenvalue weighted by Crippen LogP contribution is -2.48. The van der Waals surface area contributed by atoms with E-state index in [1.165, 1.54) is 5.56 Å². The summed E-state index contributed by atoms with van der Waals surface area (Å²) in [6.07, 6.45) is 2.16. The van der Waals surface area contributed by atoms with Crippen molar-refractivity contribution in [3.05, 3.63) is 78.4 Å². The van der Waals surface area contributed by atoms with Crippen molar-refractivity contribution in [2.24, 2.45) is 0 Å². The maximum atomic E-state index is 13.0. The predicted octanol–water partition coefficient (Wildman–Crippen LogP) is 3.78. The number of nitrogens with zero attached hydrogens (tertiary/aromatic N) is 2. The van der Waals surface area contributed by atoms with Crippen LogP contribution in [0.2, 0.25) is 0 Å². The number of sulfonamides is 1. The van der Waals surface area contributed by atoms with Crippen molar-refractivity contribution in [1.82, 2.24) is 9.21 Å². The Morgan fingerprint density at radius 3 is 2.18 bits per heavy atom. The number of fused-ring (bicyclic) bond motifs is 1. The Morgan fingerprint density at radius 1 is 0.750 bits per heavy atom. The fraction of sp³-hybridized carbons (Fsp3) is 0.304. The summed E-state index contributed by atoms with van der Waals surface area (Å²) in [4.78, 5) is 2.76. The third-order valence-electron chi connectivity index (χ3n) is 5.47. The van der Waals surface area contributed by atoms with Gasteiger partial charge in [0.2, 0.25) is 10.0 Å². The molecule has 0 unspecified atom stereocenters. The maximum absolute atomic E-state index is 13.0. The Kier molecular flexibility index (Phi) is 5.76. The van der Waals surface area contributed by atoms with Crippen LogP contribution in [0.3, 0.4) is 0 Å². The minimum absolute atomic E-state index is 0.392. The summed E-state index contributed by atoms with van der Waals surface area (Å²) in [6.45, 7) is 3.71. The molecule has 0 saturated carbocycles. The molecule has 1 aliphatic rings. The number of aryl methyl sites for hydroxylation is 1. The normalized spacial score (nSPS) is 16.4. The van der Waals surface area contributed by atoms with E-state index < -0.39 is 10.0 Å². The van der Waals surface area contributed by atoms with Gasteiger partial charge in [0.25, 0.3) is 0 Å². The first-order valence-corrected chi connectivity index (χ1v) is 11.3. The molecule has 0 aromatic heterocycles. The smallest absolute Gasteiger partial charge is 0.243 e. The third kappa shape index (κ3) is 4.27. The van der Waals surface area contributed by atoms with Crippen LogP contribution in [0.25, 0.3) is 10.8 Å². The molecule has 3 aromatic carbocycles. The molecule has 4 rings (SSSR count). The molecule has 1 fully saturated rings. The van der Waals surface area contributed by atoms with E-state index in [1.54, 1.807) is 16.4 Å². The van der Waals surface area contributed by atoms with Gasteiger partial charge in [0.05, 0.1) is 4.90 Å². The quantitative estimate of drug-likeness (QED) is 0.639. The van der Waals surface area contributed by atoms with E-state index in [2.05, 4.69) is 29.2 Å². The molecule has 1 saturated heterocycles. The average molecular weight is 395 g/mol. The molecular formula is C23H26N2O2S. The van der Waals surface area contributed by atoms with Gasteiger partial charge in [-0.2, -0.15) is 4.31 Å². The van der Waals surface area contributed by atoms with Crippen molar-refractivity contribution in [2.45, 2.75) is 17.7 Å². The predicted molar refractivity (Wildman–Crippen MR) is 114 cm³/mol. The van der Waals surface area contributed by atoms with Crippen LogP contribution < -0.4 is 0 Å². The summed E-state index contributed by atoms with van der Waals surface area (Å²) in [5, 5.41) is 2.02. The zero-order chi connectivity index (χ0) is 19.4. The van der Waals surface area contributed by atoms with Crippen LogP contribution in [0.5, 0.6) is 0 Å². The third-order valence-corrected chi connectivity index (χ3v) is 7.37. The lowest BCUT2D eigenvalue weighted by Gasteiger charge is -2.34. The highest BCUT2D eigenvalue weighted by Crippen LogP contribution is 2.23. The molecule has 1 aliphatic heterocycles. The second-order valence-corrected chi connectivity index (χ2v) is 9.28. The number of hydrogen-bond acceptors (Lipinski definition) is 3. The van der Waals surface area contributed by atoms with Crippen molar-refractivity contribution in [1.29, 1.82) is 0 Å². The number of piperazine rings is 1. The molecule has 28 heavy (non-hydrogen) atoms. The minimum atomic E-state index is -3.43. The van der Waals surface area contributed by atoms with Crippen LogP contribution in [-0.4, -0.2) is 50.3 Å². The molecule has 0 atom stereocenters. The zero-order valence-electron chi connectivity index (χ0n) is 16.0. The second kappa shape index (κ2) is 8.43. The van der Waals surface area contributed by atoms with Gasteiger partial charge in [-0.05, 0) is 47.9 Å². The fourth-order valence-electron chi connectivity index (χ4n) is 3.82. The maximum Gasteiger partial charge on any atom is 0.243 e. The van der Waals surface area contributed by atoms with Gasteiger partial charge in [0.1, 0.15) is 0 Å². The van der Waals surface area contributed by atoms with E-state index in [0.717, 1.165) is 43.2 Å². The van der Waals surface area contributed by atoms with Gasteiger partial charge in [-0.15, -0.1) is 0 Å². The van der Waals surface area contributed by atoms with Crippen LogP contribution in [0.1, 0.15) is 12.0 Å². The standard InChI is InChI=1S/C23H26N2O2S/c26-28(27,23-13-12-21-10-4-5-11-22(21)19-23)25-17-15-24(16-18-25)14-6-9-20-7-2-1-3-8-20/h1-5,7-8,10-13,19H,6,9,14-18H2. The van der Waals surface area contributed by atoms with Crippen molar-refractivity contribution in [2.75, 3.05) is 32.7 Å². The Bertz CT molecular complexity index is 1030. The lowest BCUT2D eigenvalue weighted by molar-refractivity contribution is 0.187. The Hall–Kier alpha value is -2.21. The minimum Gasteiger partial charge on any atom is -0.301 e.